The quantitative estimate of drug-likeness (QED) is 0.550. The third-order valence-corrected chi connectivity index (χ3v) is 6.08. The van der Waals surface area contributed by atoms with Gasteiger partial charge in [0.2, 0.25) is 0 Å². The Morgan fingerprint density at radius 1 is 0.853 bits per heavy atom. The van der Waals surface area contributed by atoms with E-state index < -0.39 is 0 Å². The van der Waals surface area contributed by atoms with E-state index in [1.807, 2.05) is 53.4 Å². The van der Waals surface area contributed by atoms with E-state index in [1.54, 1.807) is 7.11 Å². The fourth-order valence-electron chi connectivity index (χ4n) is 3.88. The average molecular weight is 461 g/mol. The van der Waals surface area contributed by atoms with Gasteiger partial charge in [0, 0.05) is 31.7 Å². The van der Waals surface area contributed by atoms with Crippen LogP contribution in [0, 0.1) is 0 Å². The molecule has 178 valence electrons. The zero-order chi connectivity index (χ0) is 24.1. The second-order valence-corrected chi connectivity index (χ2v) is 9.44. The van der Waals surface area contributed by atoms with Crippen LogP contribution in [0.2, 0.25) is 0 Å². The van der Waals surface area contributed by atoms with Gasteiger partial charge in [-0.05, 0) is 59.5 Å². The van der Waals surface area contributed by atoms with Crippen molar-refractivity contribution in [1.29, 1.82) is 0 Å². The Labute approximate surface area is 201 Å². The van der Waals surface area contributed by atoms with Crippen LogP contribution >= 0.6 is 0 Å². The molecule has 0 aliphatic carbocycles. The van der Waals surface area contributed by atoms with E-state index in [1.165, 1.54) is 5.56 Å². The minimum atomic E-state index is 0.000450. The highest BCUT2D eigenvalue weighted by molar-refractivity contribution is 5.78. The van der Waals surface area contributed by atoms with Crippen molar-refractivity contribution < 1.29 is 14.3 Å². The zero-order valence-electron chi connectivity index (χ0n) is 20.3. The molecule has 34 heavy (non-hydrogen) atoms. The van der Waals surface area contributed by atoms with Gasteiger partial charge in [0.1, 0.15) is 11.5 Å². The molecule has 1 aliphatic rings. The fourth-order valence-corrected chi connectivity index (χ4v) is 3.88. The highest BCUT2D eigenvalue weighted by Gasteiger charge is 2.22. The van der Waals surface area contributed by atoms with Crippen LogP contribution < -0.4 is 14.4 Å². The van der Waals surface area contributed by atoms with E-state index in [0.717, 1.165) is 22.8 Å². The number of ether oxygens (including phenoxy) is 2. The topological polar surface area (TPSA) is 67.8 Å². The molecular formula is C27H32N4O3. The Morgan fingerprint density at radius 3 is 2.06 bits per heavy atom. The van der Waals surface area contributed by atoms with Gasteiger partial charge >= 0.3 is 0 Å². The largest absolute Gasteiger partial charge is 0.497 e. The molecule has 0 N–H and O–H groups in total. The summed E-state index contributed by atoms with van der Waals surface area (Å²) in [5.41, 5.74) is 3.13. The van der Waals surface area contributed by atoms with Gasteiger partial charge in [-0.2, -0.15) is 0 Å². The van der Waals surface area contributed by atoms with Crippen molar-refractivity contribution in [3.63, 3.8) is 0 Å². The molecule has 4 rings (SSSR count). The lowest BCUT2D eigenvalue weighted by atomic mass is 9.87. The molecular weight excluding hydrogens is 428 g/mol. The van der Waals surface area contributed by atoms with Crippen LogP contribution in [0.4, 0.5) is 5.82 Å². The first-order valence-corrected chi connectivity index (χ1v) is 11.6. The number of anilines is 1. The summed E-state index contributed by atoms with van der Waals surface area (Å²) in [4.78, 5) is 16.6. The number of nitrogens with zero attached hydrogens (tertiary/aromatic N) is 4. The third-order valence-electron chi connectivity index (χ3n) is 6.08. The van der Waals surface area contributed by atoms with Crippen LogP contribution in [0.15, 0.2) is 60.7 Å². The predicted molar refractivity (Wildman–Crippen MR) is 133 cm³/mol. The van der Waals surface area contributed by atoms with E-state index in [2.05, 4.69) is 48.0 Å². The number of hydrogen-bond acceptors (Lipinski definition) is 6. The Hall–Kier alpha value is -3.61. The summed E-state index contributed by atoms with van der Waals surface area (Å²) in [5.74, 6) is 2.34. The van der Waals surface area contributed by atoms with Crippen molar-refractivity contribution in [2.75, 3.05) is 44.8 Å². The average Bonchev–Trinajstić information content (AvgIpc) is 2.87. The summed E-state index contributed by atoms with van der Waals surface area (Å²) >= 11 is 0. The van der Waals surface area contributed by atoms with E-state index >= 15 is 0 Å². The molecule has 7 heteroatoms. The summed E-state index contributed by atoms with van der Waals surface area (Å²) in [7, 11) is 1.65. The maximum Gasteiger partial charge on any atom is 0.260 e. The fraction of sp³-hybridized carbons (Fsp3) is 0.370. The van der Waals surface area contributed by atoms with Gasteiger partial charge in [-0.15, -0.1) is 10.2 Å². The first-order valence-electron chi connectivity index (χ1n) is 11.6. The van der Waals surface area contributed by atoms with E-state index in [4.69, 9.17) is 9.47 Å². The van der Waals surface area contributed by atoms with Gasteiger partial charge in [0.15, 0.2) is 12.4 Å². The number of amides is 1. The molecule has 1 amide bonds. The molecule has 2 heterocycles. The highest BCUT2D eigenvalue weighted by atomic mass is 16.5. The molecule has 2 aromatic carbocycles. The van der Waals surface area contributed by atoms with Crippen LogP contribution in [-0.4, -0.2) is 60.9 Å². The van der Waals surface area contributed by atoms with Crippen LogP contribution in [0.1, 0.15) is 26.3 Å². The van der Waals surface area contributed by atoms with Crippen LogP contribution in [-0.2, 0) is 10.2 Å². The van der Waals surface area contributed by atoms with E-state index in [-0.39, 0.29) is 17.9 Å². The number of rotatable bonds is 6. The maximum atomic E-state index is 12.6. The van der Waals surface area contributed by atoms with Crippen molar-refractivity contribution in [3.05, 3.63) is 66.2 Å². The van der Waals surface area contributed by atoms with Gasteiger partial charge in [-0.3, -0.25) is 4.79 Å². The summed E-state index contributed by atoms with van der Waals surface area (Å²) < 4.78 is 10.9. The predicted octanol–water partition coefficient (Wildman–Crippen LogP) is 4.18. The summed E-state index contributed by atoms with van der Waals surface area (Å²) in [6, 6.07) is 19.7. The number of aromatic nitrogens is 2. The van der Waals surface area contributed by atoms with Gasteiger partial charge in [0.25, 0.3) is 5.91 Å². The maximum absolute atomic E-state index is 12.6. The molecule has 0 spiro atoms. The summed E-state index contributed by atoms with van der Waals surface area (Å²) in [6.07, 6.45) is 0. The minimum absolute atomic E-state index is 0.000450. The summed E-state index contributed by atoms with van der Waals surface area (Å²) in [6.45, 7) is 9.25. The van der Waals surface area contributed by atoms with Crippen LogP contribution in [0.25, 0.3) is 11.3 Å². The summed E-state index contributed by atoms with van der Waals surface area (Å²) in [5, 5.41) is 8.79. The molecule has 0 saturated carbocycles. The molecule has 1 fully saturated rings. The van der Waals surface area contributed by atoms with Crippen molar-refractivity contribution in [2.45, 2.75) is 26.2 Å². The molecule has 1 saturated heterocycles. The lowest BCUT2D eigenvalue weighted by molar-refractivity contribution is -0.133. The Kier molecular flexibility index (Phi) is 7.01. The Balaban J connectivity index is 1.26. The number of methoxy groups -OCH3 is 1. The van der Waals surface area contributed by atoms with Crippen LogP contribution in [0.3, 0.4) is 0 Å². The number of benzene rings is 2. The smallest absolute Gasteiger partial charge is 0.260 e. The standard InChI is InChI=1S/C27H32N4O3/c1-27(2,3)21-7-11-23(12-8-21)34-19-26(32)31-17-15-30(16-18-31)25-14-13-24(28-29-25)20-5-9-22(33-4)10-6-20/h5-14H,15-19H2,1-4H3. The Morgan fingerprint density at radius 2 is 1.50 bits per heavy atom. The number of carbonyl (C=O) groups is 1. The van der Waals surface area contributed by atoms with Gasteiger partial charge < -0.3 is 19.3 Å². The number of hydrogen-bond donors (Lipinski definition) is 0. The molecule has 1 aliphatic heterocycles. The molecule has 7 nitrogen and oxygen atoms in total. The lowest BCUT2D eigenvalue weighted by Gasteiger charge is -2.35. The molecule has 1 aromatic heterocycles. The molecule has 3 aromatic rings. The highest BCUT2D eigenvalue weighted by Crippen LogP contribution is 2.25. The van der Waals surface area contributed by atoms with Crippen molar-refractivity contribution >= 4 is 11.7 Å². The van der Waals surface area contributed by atoms with Gasteiger partial charge in [-0.1, -0.05) is 32.9 Å². The molecule has 0 unspecified atom stereocenters. The van der Waals surface area contributed by atoms with E-state index in [9.17, 15) is 4.79 Å². The second kappa shape index (κ2) is 10.1. The third kappa shape index (κ3) is 5.65. The lowest BCUT2D eigenvalue weighted by Crippen LogP contribution is -2.50. The normalized spacial score (nSPS) is 14.1. The van der Waals surface area contributed by atoms with Gasteiger partial charge in [-0.25, -0.2) is 0 Å². The first-order chi connectivity index (χ1) is 16.3. The molecule has 0 bridgehead atoms. The molecule has 0 radical (unpaired) electrons. The Bertz CT molecular complexity index is 1080. The van der Waals surface area contributed by atoms with Crippen molar-refractivity contribution in [2.24, 2.45) is 0 Å². The van der Waals surface area contributed by atoms with Crippen molar-refractivity contribution in [3.8, 4) is 22.8 Å². The van der Waals surface area contributed by atoms with Crippen molar-refractivity contribution in [1.82, 2.24) is 15.1 Å². The molecule has 0 atom stereocenters. The number of piperazine rings is 1. The zero-order valence-corrected chi connectivity index (χ0v) is 20.3. The monoisotopic (exact) mass is 460 g/mol. The SMILES string of the molecule is COc1ccc(-c2ccc(N3CCN(C(=O)COc4ccc(C(C)(C)C)cc4)CC3)nn2)cc1. The second-order valence-electron chi connectivity index (χ2n) is 9.44. The van der Waals surface area contributed by atoms with E-state index in [0.29, 0.717) is 31.9 Å². The minimum Gasteiger partial charge on any atom is -0.497 e. The van der Waals surface area contributed by atoms with Crippen LogP contribution in [0.5, 0.6) is 11.5 Å². The number of carbonyl (C=O) groups excluding carboxylic acids is 1. The van der Waals surface area contributed by atoms with Gasteiger partial charge in [0.05, 0.1) is 12.8 Å². The first kappa shape index (κ1) is 23.5.